The minimum atomic E-state index is -0.412. The van der Waals surface area contributed by atoms with Gasteiger partial charge >= 0.3 is 5.97 Å². The summed E-state index contributed by atoms with van der Waals surface area (Å²) in [6.07, 6.45) is 0.858. The molecule has 1 amide bonds. The van der Waals surface area contributed by atoms with Crippen molar-refractivity contribution in [1.29, 1.82) is 0 Å². The summed E-state index contributed by atoms with van der Waals surface area (Å²) in [6.45, 7) is 3.54. The molecule has 0 aliphatic rings. The van der Waals surface area contributed by atoms with Gasteiger partial charge in [-0.3, -0.25) is 14.6 Å². The number of hydrogen-bond acceptors (Lipinski definition) is 7. The second kappa shape index (κ2) is 8.25. The Kier molecular flexibility index (Phi) is 6.07. The van der Waals surface area contributed by atoms with Crippen LogP contribution in [0.25, 0.3) is 0 Å². The zero-order chi connectivity index (χ0) is 17.5. The zero-order valence-corrected chi connectivity index (χ0v) is 13.9. The number of carbonyl (C=O) groups excluding carboxylic acids is 2. The number of aromatic amines is 1. The lowest BCUT2D eigenvalue weighted by Gasteiger charge is -2.09. The third kappa shape index (κ3) is 5.51. The summed E-state index contributed by atoms with van der Waals surface area (Å²) in [5.41, 5.74) is 0.583. The van der Waals surface area contributed by atoms with Crippen molar-refractivity contribution in [1.82, 2.24) is 15.2 Å². The van der Waals surface area contributed by atoms with Gasteiger partial charge in [0.15, 0.2) is 5.16 Å². The number of nitrogens with zero attached hydrogens (tertiary/aromatic N) is 2. The molecule has 0 aliphatic heterocycles. The third-order valence-corrected chi connectivity index (χ3v) is 3.50. The molecule has 0 fully saturated rings. The van der Waals surface area contributed by atoms with Crippen LogP contribution in [0.15, 0.2) is 40.4 Å². The number of nitrogens with one attached hydrogen (secondary N) is 2. The standard InChI is InChI=1S/C15H16N4O4S/c1-9(2)23-14(22)10-3-5-11(6-4-10)17-13(21)8-24-15-18-12(20)7-16-19-15/h3-7,9H,8H2,1-2H3,(H,17,21)(H,18,19,20). The Morgan fingerprint density at radius 3 is 2.62 bits per heavy atom. The molecule has 0 bridgehead atoms. The lowest BCUT2D eigenvalue weighted by Crippen LogP contribution is -2.16. The molecule has 0 saturated carbocycles. The van der Waals surface area contributed by atoms with Crippen LogP contribution < -0.4 is 10.9 Å². The number of ether oxygens (including phenoxy) is 1. The van der Waals surface area contributed by atoms with E-state index < -0.39 is 5.97 Å². The van der Waals surface area contributed by atoms with Gasteiger partial charge < -0.3 is 10.1 Å². The number of carbonyl (C=O) groups is 2. The summed E-state index contributed by atoms with van der Waals surface area (Å²) in [6, 6.07) is 6.38. The van der Waals surface area contributed by atoms with Gasteiger partial charge in [0.05, 0.1) is 17.4 Å². The predicted octanol–water partition coefficient (Wildman–Crippen LogP) is 1.46. The van der Waals surface area contributed by atoms with E-state index in [4.69, 9.17) is 4.74 Å². The van der Waals surface area contributed by atoms with E-state index in [9.17, 15) is 14.4 Å². The molecule has 126 valence electrons. The van der Waals surface area contributed by atoms with Gasteiger partial charge in [-0.05, 0) is 38.1 Å². The van der Waals surface area contributed by atoms with Crippen molar-refractivity contribution in [3.63, 3.8) is 0 Å². The lowest BCUT2D eigenvalue weighted by atomic mass is 10.2. The molecule has 0 unspecified atom stereocenters. The van der Waals surface area contributed by atoms with Gasteiger partial charge in [-0.2, -0.15) is 5.10 Å². The number of amides is 1. The van der Waals surface area contributed by atoms with E-state index in [1.807, 2.05) is 0 Å². The highest BCUT2D eigenvalue weighted by atomic mass is 32.2. The molecule has 1 aromatic carbocycles. The molecule has 24 heavy (non-hydrogen) atoms. The number of aromatic nitrogens is 3. The minimum absolute atomic E-state index is 0.0613. The van der Waals surface area contributed by atoms with E-state index in [2.05, 4.69) is 20.5 Å². The maximum absolute atomic E-state index is 11.9. The van der Waals surface area contributed by atoms with Crippen LogP contribution in [-0.2, 0) is 9.53 Å². The van der Waals surface area contributed by atoms with Crippen molar-refractivity contribution in [3.05, 3.63) is 46.4 Å². The molecule has 0 radical (unpaired) electrons. The SMILES string of the molecule is CC(C)OC(=O)c1ccc(NC(=O)CSc2nncc(=O)[nH]2)cc1. The maximum Gasteiger partial charge on any atom is 0.338 e. The highest BCUT2D eigenvalue weighted by molar-refractivity contribution is 7.99. The highest BCUT2D eigenvalue weighted by Gasteiger charge is 2.10. The Labute approximate surface area is 142 Å². The zero-order valence-electron chi connectivity index (χ0n) is 13.1. The number of H-pyrrole nitrogens is 1. The number of hydrogen-bond donors (Lipinski definition) is 2. The Morgan fingerprint density at radius 2 is 2.00 bits per heavy atom. The van der Waals surface area contributed by atoms with Crippen molar-refractivity contribution in [3.8, 4) is 0 Å². The molecule has 2 N–H and O–H groups in total. The largest absolute Gasteiger partial charge is 0.459 e. The molecular formula is C15H16N4O4S. The second-order valence-electron chi connectivity index (χ2n) is 5.01. The summed E-state index contributed by atoms with van der Waals surface area (Å²) in [7, 11) is 0. The highest BCUT2D eigenvalue weighted by Crippen LogP contribution is 2.13. The van der Waals surface area contributed by atoms with Crippen LogP contribution in [0.2, 0.25) is 0 Å². The van der Waals surface area contributed by atoms with Crippen LogP contribution >= 0.6 is 11.8 Å². The fraction of sp³-hybridized carbons (Fsp3) is 0.267. The summed E-state index contributed by atoms with van der Waals surface area (Å²) in [5.74, 6) is -0.625. The normalized spacial score (nSPS) is 10.5. The molecule has 9 heteroatoms. The van der Waals surface area contributed by atoms with Crippen molar-refractivity contribution < 1.29 is 14.3 Å². The molecule has 0 spiro atoms. The number of esters is 1. The van der Waals surface area contributed by atoms with Gasteiger partial charge in [0.1, 0.15) is 6.20 Å². The minimum Gasteiger partial charge on any atom is -0.459 e. The van der Waals surface area contributed by atoms with Crippen LogP contribution in [0.4, 0.5) is 5.69 Å². The molecule has 0 aliphatic carbocycles. The van der Waals surface area contributed by atoms with Gasteiger partial charge in [0.2, 0.25) is 5.91 Å². The van der Waals surface area contributed by atoms with Gasteiger partial charge in [0.25, 0.3) is 5.56 Å². The van der Waals surface area contributed by atoms with Gasteiger partial charge in [0, 0.05) is 5.69 Å². The quantitative estimate of drug-likeness (QED) is 0.600. The monoisotopic (exact) mass is 348 g/mol. The van der Waals surface area contributed by atoms with Crippen LogP contribution in [0, 0.1) is 0 Å². The van der Waals surface area contributed by atoms with Gasteiger partial charge in [-0.25, -0.2) is 4.79 Å². The van der Waals surface area contributed by atoms with Crippen LogP contribution in [0.3, 0.4) is 0 Å². The molecule has 0 atom stereocenters. The Balaban J connectivity index is 1.87. The maximum atomic E-state index is 11.9. The van der Waals surface area contributed by atoms with Crippen molar-refractivity contribution in [2.75, 3.05) is 11.1 Å². The topological polar surface area (TPSA) is 114 Å². The van der Waals surface area contributed by atoms with E-state index in [-0.39, 0.29) is 28.5 Å². The number of benzene rings is 1. The molecule has 2 rings (SSSR count). The van der Waals surface area contributed by atoms with E-state index in [0.717, 1.165) is 18.0 Å². The third-order valence-electron chi connectivity index (χ3n) is 2.64. The summed E-state index contributed by atoms with van der Waals surface area (Å²) in [5, 5.41) is 10.2. The molecule has 2 aromatic rings. The predicted molar refractivity (Wildman–Crippen MR) is 89.0 cm³/mol. The second-order valence-corrected chi connectivity index (χ2v) is 5.97. The Bertz CT molecular complexity index is 774. The van der Waals surface area contributed by atoms with Gasteiger partial charge in [-0.1, -0.05) is 11.8 Å². The van der Waals surface area contributed by atoms with Crippen molar-refractivity contribution in [2.24, 2.45) is 0 Å². The van der Waals surface area contributed by atoms with Crippen LogP contribution in [0.1, 0.15) is 24.2 Å². The van der Waals surface area contributed by atoms with E-state index in [1.54, 1.807) is 38.1 Å². The van der Waals surface area contributed by atoms with E-state index in [0.29, 0.717) is 11.3 Å². The fourth-order valence-electron chi connectivity index (χ4n) is 1.66. The van der Waals surface area contributed by atoms with Crippen LogP contribution in [0.5, 0.6) is 0 Å². The van der Waals surface area contributed by atoms with E-state index in [1.165, 1.54) is 0 Å². The Hall–Kier alpha value is -2.68. The molecule has 0 saturated heterocycles. The van der Waals surface area contributed by atoms with Crippen molar-refractivity contribution >= 4 is 29.3 Å². The molecule has 1 heterocycles. The first-order valence-electron chi connectivity index (χ1n) is 7.10. The summed E-state index contributed by atoms with van der Waals surface area (Å²) in [4.78, 5) is 37.1. The average Bonchev–Trinajstić information content (AvgIpc) is 2.53. The smallest absolute Gasteiger partial charge is 0.338 e. The molecule has 1 aromatic heterocycles. The molecule has 8 nitrogen and oxygen atoms in total. The number of anilines is 1. The Morgan fingerprint density at radius 1 is 1.29 bits per heavy atom. The summed E-state index contributed by atoms with van der Waals surface area (Å²) >= 11 is 1.06. The lowest BCUT2D eigenvalue weighted by molar-refractivity contribution is -0.113. The first-order chi connectivity index (χ1) is 11.4. The fourth-order valence-corrected chi connectivity index (χ4v) is 2.28. The van der Waals surface area contributed by atoms with Gasteiger partial charge in [-0.15, -0.1) is 5.10 Å². The molecular weight excluding hydrogens is 332 g/mol. The first-order valence-corrected chi connectivity index (χ1v) is 8.08. The number of rotatable bonds is 6. The van der Waals surface area contributed by atoms with E-state index >= 15 is 0 Å². The summed E-state index contributed by atoms with van der Waals surface area (Å²) < 4.78 is 5.08. The average molecular weight is 348 g/mol. The van der Waals surface area contributed by atoms with Crippen LogP contribution in [-0.4, -0.2) is 38.9 Å². The number of thioether (sulfide) groups is 1. The van der Waals surface area contributed by atoms with Crippen molar-refractivity contribution in [2.45, 2.75) is 25.1 Å². The first kappa shape index (κ1) is 17.7.